The molecular weight excluding hydrogens is 238 g/mol. The van der Waals surface area contributed by atoms with E-state index in [0.29, 0.717) is 13.0 Å². The maximum Gasteiger partial charge on any atom is 0.407 e. The highest BCUT2D eigenvalue weighted by Gasteiger charge is 2.15. The lowest BCUT2D eigenvalue weighted by molar-refractivity contribution is -0.152. The summed E-state index contributed by atoms with van der Waals surface area (Å²) < 4.78 is 9.39. The van der Waals surface area contributed by atoms with Gasteiger partial charge in [0.05, 0.1) is 0 Å². The topological polar surface area (TPSA) is 84.9 Å². The fourth-order valence-corrected chi connectivity index (χ4v) is 1.26. The van der Waals surface area contributed by atoms with Gasteiger partial charge < -0.3 is 19.9 Å². The van der Waals surface area contributed by atoms with Crippen LogP contribution in [-0.4, -0.2) is 36.1 Å². The van der Waals surface area contributed by atoms with E-state index >= 15 is 0 Å². The summed E-state index contributed by atoms with van der Waals surface area (Å²) in [7, 11) is 0. The molecule has 2 N–H and O–H groups in total. The van der Waals surface area contributed by atoms with Crippen molar-refractivity contribution < 1.29 is 24.2 Å². The maximum absolute atomic E-state index is 11.3. The highest BCUT2D eigenvalue weighted by Crippen LogP contribution is 2.07. The Morgan fingerprint density at radius 3 is 2.56 bits per heavy atom. The lowest BCUT2D eigenvalue weighted by atomic mass is 10.2. The Hall–Kier alpha value is -1.30. The van der Waals surface area contributed by atoms with Crippen molar-refractivity contribution in [3.05, 3.63) is 0 Å². The molecule has 0 aromatic heterocycles. The van der Waals surface area contributed by atoms with Crippen molar-refractivity contribution in [2.24, 2.45) is 0 Å². The number of alkyl carbamates (subject to hydrolysis) is 1. The molecule has 0 bridgehead atoms. The van der Waals surface area contributed by atoms with E-state index in [-0.39, 0.29) is 6.47 Å². The van der Waals surface area contributed by atoms with Gasteiger partial charge in [0.1, 0.15) is 5.60 Å². The molecule has 0 saturated carbocycles. The predicted octanol–water partition coefficient (Wildman–Crippen LogP) is 1.56. The molecule has 0 spiro atoms. The molecule has 0 radical (unpaired) electrons. The zero-order chi connectivity index (χ0) is 14.0. The van der Waals surface area contributed by atoms with Crippen molar-refractivity contribution in [2.45, 2.75) is 58.3 Å². The van der Waals surface area contributed by atoms with Gasteiger partial charge >= 0.3 is 6.09 Å². The zero-order valence-electron chi connectivity index (χ0n) is 11.3. The number of carbonyl (C=O) groups is 2. The second-order valence-corrected chi connectivity index (χ2v) is 4.96. The van der Waals surface area contributed by atoms with E-state index in [9.17, 15) is 9.59 Å². The number of ether oxygens (including phenoxy) is 2. The monoisotopic (exact) mass is 261 g/mol. The van der Waals surface area contributed by atoms with Crippen LogP contribution in [0, 0.1) is 0 Å². The third kappa shape index (κ3) is 11.2. The summed E-state index contributed by atoms with van der Waals surface area (Å²) in [4.78, 5) is 21.1. The molecule has 0 saturated heterocycles. The van der Waals surface area contributed by atoms with E-state index in [1.165, 1.54) is 0 Å². The maximum atomic E-state index is 11.3. The van der Waals surface area contributed by atoms with Crippen LogP contribution in [0.1, 0.15) is 46.5 Å². The summed E-state index contributed by atoms with van der Waals surface area (Å²) in [5.74, 6) is 0. The number of nitrogens with one attached hydrogen (secondary N) is 1. The Morgan fingerprint density at radius 1 is 1.33 bits per heavy atom. The fraction of sp³-hybridized carbons (Fsp3) is 0.833. The molecule has 0 heterocycles. The average molecular weight is 261 g/mol. The van der Waals surface area contributed by atoms with Gasteiger partial charge in [0.25, 0.3) is 6.47 Å². The van der Waals surface area contributed by atoms with Crippen LogP contribution < -0.4 is 5.32 Å². The van der Waals surface area contributed by atoms with Gasteiger partial charge in [-0.2, -0.15) is 0 Å². The molecule has 6 heteroatoms. The van der Waals surface area contributed by atoms with Crippen molar-refractivity contribution in [2.75, 3.05) is 6.54 Å². The summed E-state index contributed by atoms with van der Waals surface area (Å²) >= 11 is 0. The molecule has 0 aliphatic carbocycles. The van der Waals surface area contributed by atoms with E-state index in [1.54, 1.807) is 20.8 Å². The Bertz CT molecular complexity index is 249. The summed E-state index contributed by atoms with van der Waals surface area (Å²) in [6, 6.07) is 0. The number of amides is 1. The smallest absolute Gasteiger partial charge is 0.407 e. The van der Waals surface area contributed by atoms with E-state index < -0.39 is 18.0 Å². The van der Waals surface area contributed by atoms with Crippen LogP contribution >= 0.6 is 0 Å². The summed E-state index contributed by atoms with van der Waals surface area (Å²) in [6.07, 6.45) is 1.30. The highest BCUT2D eigenvalue weighted by atomic mass is 16.6. The van der Waals surface area contributed by atoms with Gasteiger partial charge in [-0.3, -0.25) is 4.79 Å². The molecule has 0 aliphatic rings. The summed E-state index contributed by atoms with van der Waals surface area (Å²) in [5, 5.41) is 11.7. The third-order valence-corrected chi connectivity index (χ3v) is 2.01. The van der Waals surface area contributed by atoms with Crippen LogP contribution in [0.3, 0.4) is 0 Å². The first-order valence-electron chi connectivity index (χ1n) is 6.09. The van der Waals surface area contributed by atoms with E-state index in [1.807, 2.05) is 0 Å². The van der Waals surface area contributed by atoms with Gasteiger partial charge in [-0.1, -0.05) is 6.42 Å². The molecule has 6 nitrogen and oxygen atoms in total. The van der Waals surface area contributed by atoms with Crippen LogP contribution in [0.2, 0.25) is 0 Å². The molecule has 0 aromatic carbocycles. The Labute approximate surface area is 108 Å². The van der Waals surface area contributed by atoms with Crippen molar-refractivity contribution in [1.29, 1.82) is 0 Å². The first-order valence-corrected chi connectivity index (χ1v) is 6.09. The van der Waals surface area contributed by atoms with E-state index in [0.717, 1.165) is 19.3 Å². The first kappa shape index (κ1) is 16.7. The van der Waals surface area contributed by atoms with Crippen molar-refractivity contribution in [1.82, 2.24) is 5.32 Å². The third-order valence-electron chi connectivity index (χ3n) is 2.01. The number of unbranched alkanes of at least 4 members (excludes halogenated alkanes) is 2. The lowest BCUT2D eigenvalue weighted by Crippen LogP contribution is -2.33. The molecule has 1 unspecified atom stereocenters. The Morgan fingerprint density at radius 2 is 2.00 bits per heavy atom. The quantitative estimate of drug-likeness (QED) is 0.393. The number of aliphatic hydroxyl groups excluding tert-OH is 1. The normalized spacial score (nSPS) is 12.7. The van der Waals surface area contributed by atoms with Crippen molar-refractivity contribution in [3.63, 3.8) is 0 Å². The number of aliphatic hydroxyl groups is 1. The minimum Gasteiger partial charge on any atom is -0.444 e. The molecule has 0 fully saturated rings. The van der Waals surface area contributed by atoms with Gasteiger partial charge in [-0.15, -0.1) is 0 Å². The zero-order valence-corrected chi connectivity index (χ0v) is 11.3. The molecule has 0 aromatic rings. The molecule has 0 aliphatic heterocycles. The number of hydrogen-bond donors (Lipinski definition) is 2. The van der Waals surface area contributed by atoms with Crippen LogP contribution in [0.15, 0.2) is 0 Å². The van der Waals surface area contributed by atoms with Crippen LogP contribution in [0.25, 0.3) is 0 Å². The van der Waals surface area contributed by atoms with Crippen LogP contribution in [-0.2, 0) is 14.3 Å². The minimum absolute atomic E-state index is 0.231. The lowest BCUT2D eigenvalue weighted by Gasteiger charge is -2.19. The highest BCUT2D eigenvalue weighted by molar-refractivity contribution is 5.67. The van der Waals surface area contributed by atoms with E-state index in [4.69, 9.17) is 9.84 Å². The fourth-order valence-electron chi connectivity index (χ4n) is 1.26. The van der Waals surface area contributed by atoms with Crippen LogP contribution in [0.5, 0.6) is 0 Å². The van der Waals surface area contributed by atoms with Gasteiger partial charge in [-0.25, -0.2) is 4.79 Å². The van der Waals surface area contributed by atoms with Gasteiger partial charge in [-0.05, 0) is 33.6 Å². The Kier molecular flexibility index (Phi) is 8.11. The van der Waals surface area contributed by atoms with Gasteiger partial charge in [0, 0.05) is 13.0 Å². The standard InChI is InChI=1S/C12H23NO5/c1-12(2,3)18-11(16)13-8-6-4-5-7-10(15)17-9-14/h9-10,15H,4-8H2,1-3H3,(H,13,16). The van der Waals surface area contributed by atoms with E-state index in [2.05, 4.69) is 10.1 Å². The second kappa shape index (κ2) is 8.74. The number of rotatable bonds is 8. The number of carbonyl (C=O) groups excluding carboxylic acids is 2. The molecule has 1 atom stereocenters. The SMILES string of the molecule is CC(C)(C)OC(=O)NCCCCCC(O)OC=O. The Balaban J connectivity index is 3.40. The second-order valence-electron chi connectivity index (χ2n) is 4.96. The molecule has 18 heavy (non-hydrogen) atoms. The van der Waals surface area contributed by atoms with Crippen LogP contribution in [0.4, 0.5) is 4.79 Å². The van der Waals surface area contributed by atoms with Gasteiger partial charge in [0.2, 0.25) is 0 Å². The molecular formula is C12H23NO5. The molecule has 106 valence electrons. The minimum atomic E-state index is -1.03. The average Bonchev–Trinajstić information content (AvgIpc) is 2.21. The molecule has 1 amide bonds. The summed E-state index contributed by atoms with van der Waals surface area (Å²) in [5.41, 5.74) is -0.486. The summed E-state index contributed by atoms with van der Waals surface area (Å²) in [6.45, 7) is 6.18. The number of hydrogen-bond acceptors (Lipinski definition) is 5. The van der Waals surface area contributed by atoms with Crippen molar-refractivity contribution in [3.8, 4) is 0 Å². The van der Waals surface area contributed by atoms with Gasteiger partial charge in [0.15, 0.2) is 6.29 Å². The predicted molar refractivity (Wildman–Crippen MR) is 65.9 cm³/mol. The van der Waals surface area contributed by atoms with Crippen molar-refractivity contribution >= 4 is 12.6 Å². The first-order chi connectivity index (χ1) is 8.35. The molecule has 0 rings (SSSR count). The largest absolute Gasteiger partial charge is 0.444 e.